The van der Waals surface area contributed by atoms with Crippen LogP contribution in [0.25, 0.3) is 10.8 Å². The minimum absolute atomic E-state index is 0.119. The van der Waals surface area contributed by atoms with Crippen molar-refractivity contribution >= 4 is 26.5 Å². The molecule has 6 heteroatoms. The summed E-state index contributed by atoms with van der Waals surface area (Å²) < 4.78 is 38.5. The van der Waals surface area contributed by atoms with E-state index in [-0.39, 0.29) is 11.9 Å². The summed E-state index contributed by atoms with van der Waals surface area (Å²) in [5.74, 6) is 0.455. The van der Waals surface area contributed by atoms with E-state index in [0.29, 0.717) is 30.2 Å². The molecule has 0 aliphatic carbocycles. The number of anilines is 1. The summed E-state index contributed by atoms with van der Waals surface area (Å²) in [6.07, 6.45) is 0.119. The van der Waals surface area contributed by atoms with Crippen LogP contribution in [0.2, 0.25) is 0 Å². The Kier molecular flexibility index (Phi) is 4.76. The molecule has 3 aromatic rings. The monoisotopic (exact) mass is 383 g/mol. The number of para-hydroxylation sites is 1. The van der Waals surface area contributed by atoms with Gasteiger partial charge in [0.2, 0.25) is 10.0 Å². The van der Waals surface area contributed by atoms with Crippen LogP contribution in [0.1, 0.15) is 5.56 Å². The number of epoxide rings is 1. The lowest BCUT2D eigenvalue weighted by Crippen LogP contribution is -2.28. The van der Waals surface area contributed by atoms with Crippen LogP contribution >= 0.6 is 0 Å². The van der Waals surface area contributed by atoms with Crippen LogP contribution in [0.4, 0.5) is 5.69 Å². The van der Waals surface area contributed by atoms with Gasteiger partial charge in [0.1, 0.15) is 18.5 Å². The number of hydrogen-bond acceptors (Lipinski definition) is 4. The number of rotatable bonds is 7. The highest BCUT2D eigenvalue weighted by Crippen LogP contribution is 2.30. The van der Waals surface area contributed by atoms with Crippen molar-refractivity contribution in [2.24, 2.45) is 0 Å². The molecular formula is C21H21NO4S. The average Bonchev–Trinajstić information content (AvgIpc) is 3.50. The summed E-state index contributed by atoms with van der Waals surface area (Å²) in [5, 5.41) is 1.91. The van der Waals surface area contributed by atoms with Crippen LogP contribution in [0.5, 0.6) is 5.75 Å². The minimum atomic E-state index is -3.58. The first-order valence-corrected chi connectivity index (χ1v) is 10.4. The van der Waals surface area contributed by atoms with Gasteiger partial charge < -0.3 is 9.47 Å². The lowest BCUT2D eigenvalue weighted by atomic mass is 10.1. The standard InChI is InChI=1S/C21H21NO4S/c1-22(20-11-6-9-16-7-2-4-10-19(16)20)27(23,24)15-17-8-3-5-12-21(17)26-14-18-13-25-18/h2-12,18H,13-15H2,1H3. The third-order valence-electron chi connectivity index (χ3n) is 4.66. The molecule has 0 amide bonds. The number of ether oxygens (including phenoxy) is 2. The summed E-state index contributed by atoms with van der Waals surface area (Å²) >= 11 is 0. The predicted octanol–water partition coefficient (Wildman–Crippen LogP) is 3.58. The van der Waals surface area contributed by atoms with E-state index < -0.39 is 10.0 Å². The fourth-order valence-electron chi connectivity index (χ4n) is 3.04. The number of benzene rings is 3. The summed E-state index contributed by atoms with van der Waals surface area (Å²) in [4.78, 5) is 0. The molecule has 1 atom stereocenters. The second-order valence-corrected chi connectivity index (χ2v) is 8.60. The second kappa shape index (κ2) is 7.21. The zero-order valence-corrected chi connectivity index (χ0v) is 15.9. The molecule has 140 valence electrons. The zero-order valence-electron chi connectivity index (χ0n) is 15.0. The quantitative estimate of drug-likeness (QED) is 0.585. The van der Waals surface area contributed by atoms with Crippen molar-refractivity contribution in [2.45, 2.75) is 11.9 Å². The first-order chi connectivity index (χ1) is 13.0. The fourth-order valence-corrected chi connectivity index (χ4v) is 4.32. The van der Waals surface area contributed by atoms with Crippen LogP contribution in [0.15, 0.2) is 66.7 Å². The van der Waals surface area contributed by atoms with Gasteiger partial charge >= 0.3 is 0 Å². The SMILES string of the molecule is CN(c1cccc2ccccc12)S(=O)(=O)Cc1ccccc1OCC1CO1. The van der Waals surface area contributed by atoms with Gasteiger partial charge in [-0.15, -0.1) is 0 Å². The summed E-state index contributed by atoms with van der Waals surface area (Å²) in [5.41, 5.74) is 1.31. The number of hydrogen-bond donors (Lipinski definition) is 0. The molecule has 0 radical (unpaired) electrons. The van der Waals surface area contributed by atoms with Crippen LogP contribution in [0.3, 0.4) is 0 Å². The average molecular weight is 383 g/mol. The van der Waals surface area contributed by atoms with Crippen molar-refractivity contribution < 1.29 is 17.9 Å². The Morgan fingerprint density at radius 2 is 1.74 bits per heavy atom. The van der Waals surface area contributed by atoms with E-state index >= 15 is 0 Å². The van der Waals surface area contributed by atoms with Gasteiger partial charge in [0.15, 0.2) is 0 Å². The van der Waals surface area contributed by atoms with Crippen molar-refractivity contribution in [1.82, 2.24) is 0 Å². The normalized spacial score (nSPS) is 16.3. The molecule has 5 nitrogen and oxygen atoms in total. The van der Waals surface area contributed by atoms with E-state index in [1.54, 1.807) is 19.2 Å². The van der Waals surface area contributed by atoms with Crippen molar-refractivity contribution in [3.05, 3.63) is 72.3 Å². The maximum atomic E-state index is 13.1. The van der Waals surface area contributed by atoms with Crippen LogP contribution < -0.4 is 9.04 Å². The largest absolute Gasteiger partial charge is 0.490 e. The molecule has 1 fully saturated rings. The Hall–Kier alpha value is -2.57. The van der Waals surface area contributed by atoms with Gasteiger partial charge in [0.05, 0.1) is 18.0 Å². The van der Waals surface area contributed by atoms with Gasteiger partial charge in [-0.2, -0.15) is 0 Å². The fraction of sp³-hybridized carbons (Fsp3) is 0.238. The summed E-state index contributed by atoms with van der Waals surface area (Å²) in [6, 6.07) is 20.7. The maximum absolute atomic E-state index is 13.1. The third-order valence-corrected chi connectivity index (χ3v) is 6.37. The van der Waals surface area contributed by atoms with Gasteiger partial charge in [-0.3, -0.25) is 4.31 Å². The van der Waals surface area contributed by atoms with Gasteiger partial charge in [-0.25, -0.2) is 8.42 Å². The minimum Gasteiger partial charge on any atom is -0.490 e. The van der Waals surface area contributed by atoms with E-state index in [4.69, 9.17) is 9.47 Å². The predicted molar refractivity (Wildman–Crippen MR) is 107 cm³/mol. The first kappa shape index (κ1) is 17.8. The van der Waals surface area contributed by atoms with E-state index in [0.717, 1.165) is 10.8 Å². The topological polar surface area (TPSA) is 59.1 Å². The molecule has 1 aliphatic rings. The zero-order chi connectivity index (χ0) is 18.9. The Labute approximate surface area is 159 Å². The van der Waals surface area contributed by atoms with Gasteiger partial charge in [0, 0.05) is 18.0 Å². The smallest absolute Gasteiger partial charge is 0.239 e. The molecule has 0 spiro atoms. The summed E-state index contributed by atoms with van der Waals surface area (Å²) in [7, 11) is -1.99. The lowest BCUT2D eigenvalue weighted by molar-refractivity contribution is 0.261. The number of nitrogens with zero attached hydrogens (tertiary/aromatic N) is 1. The van der Waals surface area contributed by atoms with Gasteiger partial charge in [-0.05, 0) is 17.5 Å². The molecule has 27 heavy (non-hydrogen) atoms. The Morgan fingerprint density at radius 3 is 2.56 bits per heavy atom. The Morgan fingerprint density at radius 1 is 1.04 bits per heavy atom. The van der Waals surface area contributed by atoms with Crippen LogP contribution in [-0.2, 0) is 20.5 Å². The Bertz CT molecular complexity index is 1060. The first-order valence-electron chi connectivity index (χ1n) is 8.81. The van der Waals surface area contributed by atoms with Crippen molar-refractivity contribution in [3.8, 4) is 5.75 Å². The molecule has 1 heterocycles. The molecule has 0 saturated carbocycles. The molecule has 0 aromatic heterocycles. The molecule has 0 N–H and O–H groups in total. The van der Waals surface area contributed by atoms with Crippen LogP contribution in [-0.4, -0.2) is 34.8 Å². The van der Waals surface area contributed by atoms with Crippen molar-refractivity contribution in [2.75, 3.05) is 24.6 Å². The maximum Gasteiger partial charge on any atom is 0.239 e. The molecule has 1 aliphatic heterocycles. The molecule has 0 bridgehead atoms. The van der Waals surface area contributed by atoms with E-state index in [2.05, 4.69) is 0 Å². The lowest BCUT2D eigenvalue weighted by Gasteiger charge is -2.22. The highest BCUT2D eigenvalue weighted by atomic mass is 32.2. The number of fused-ring (bicyclic) bond motifs is 1. The molecular weight excluding hydrogens is 362 g/mol. The summed E-state index contributed by atoms with van der Waals surface area (Å²) in [6.45, 7) is 1.14. The third kappa shape index (κ3) is 3.91. The molecule has 1 unspecified atom stereocenters. The Balaban J connectivity index is 1.61. The van der Waals surface area contributed by atoms with Gasteiger partial charge in [0.25, 0.3) is 0 Å². The molecule has 4 rings (SSSR count). The highest BCUT2D eigenvalue weighted by molar-refractivity contribution is 7.92. The van der Waals surface area contributed by atoms with E-state index in [9.17, 15) is 8.42 Å². The molecule has 3 aromatic carbocycles. The van der Waals surface area contributed by atoms with Gasteiger partial charge in [-0.1, -0.05) is 54.6 Å². The van der Waals surface area contributed by atoms with Crippen molar-refractivity contribution in [1.29, 1.82) is 0 Å². The number of sulfonamides is 1. The van der Waals surface area contributed by atoms with Crippen LogP contribution in [0, 0.1) is 0 Å². The van der Waals surface area contributed by atoms with E-state index in [1.165, 1.54) is 4.31 Å². The van der Waals surface area contributed by atoms with Crippen molar-refractivity contribution in [3.63, 3.8) is 0 Å². The highest BCUT2D eigenvalue weighted by Gasteiger charge is 2.25. The van der Waals surface area contributed by atoms with E-state index in [1.807, 2.05) is 54.6 Å². The second-order valence-electron chi connectivity index (χ2n) is 6.60. The molecule has 1 saturated heterocycles.